The second-order valence-corrected chi connectivity index (χ2v) is 12.4. The van der Waals surface area contributed by atoms with Crippen molar-refractivity contribution in [2.45, 2.75) is 17.9 Å². The SMILES string of the molecule is COc1ccc(N(CC(=O)N2CCN(C(c3ccccc3)c3ccccc3)CC2)S(=O)(=O)c2ccc(C)cc2)c(OC)c1. The highest BCUT2D eigenvalue weighted by molar-refractivity contribution is 7.92. The maximum absolute atomic E-state index is 14.0. The maximum atomic E-state index is 14.0. The van der Waals surface area contributed by atoms with Gasteiger partial charge in [0, 0.05) is 32.2 Å². The quantitative estimate of drug-likeness (QED) is 0.251. The lowest BCUT2D eigenvalue weighted by molar-refractivity contribution is -0.131. The Morgan fingerprint density at radius 3 is 1.91 bits per heavy atom. The van der Waals surface area contributed by atoms with Crippen LogP contribution < -0.4 is 13.8 Å². The monoisotopic (exact) mass is 599 g/mol. The Balaban J connectivity index is 1.39. The average Bonchev–Trinajstić information content (AvgIpc) is 3.05. The lowest BCUT2D eigenvalue weighted by atomic mass is 9.96. The van der Waals surface area contributed by atoms with E-state index < -0.39 is 10.0 Å². The van der Waals surface area contributed by atoms with E-state index in [1.54, 1.807) is 47.4 Å². The van der Waals surface area contributed by atoms with Gasteiger partial charge in [-0.15, -0.1) is 0 Å². The third-order valence-electron chi connectivity index (χ3n) is 7.81. The molecule has 5 rings (SSSR count). The second-order valence-electron chi connectivity index (χ2n) is 10.5. The van der Waals surface area contributed by atoms with Crippen molar-refractivity contribution in [3.63, 3.8) is 0 Å². The molecule has 1 saturated heterocycles. The Kier molecular flexibility index (Phi) is 9.33. The van der Waals surface area contributed by atoms with Gasteiger partial charge in [-0.2, -0.15) is 0 Å². The minimum absolute atomic E-state index is 0.0571. The van der Waals surface area contributed by atoms with Gasteiger partial charge in [0.15, 0.2) is 0 Å². The Hall–Kier alpha value is -4.34. The summed E-state index contributed by atoms with van der Waals surface area (Å²) in [6.07, 6.45) is 0. The van der Waals surface area contributed by atoms with Crippen molar-refractivity contribution in [3.05, 3.63) is 120 Å². The summed E-state index contributed by atoms with van der Waals surface area (Å²) >= 11 is 0. The van der Waals surface area contributed by atoms with Gasteiger partial charge in [0.1, 0.15) is 18.0 Å². The van der Waals surface area contributed by atoms with Crippen molar-refractivity contribution in [3.8, 4) is 11.5 Å². The number of benzene rings is 4. The van der Waals surface area contributed by atoms with Gasteiger partial charge in [-0.05, 0) is 42.3 Å². The number of hydrogen-bond acceptors (Lipinski definition) is 6. The van der Waals surface area contributed by atoms with Crippen molar-refractivity contribution < 1.29 is 22.7 Å². The highest BCUT2D eigenvalue weighted by Crippen LogP contribution is 2.36. The summed E-state index contributed by atoms with van der Waals surface area (Å²) in [5.41, 5.74) is 3.58. The molecular formula is C34H37N3O5S. The molecule has 0 unspecified atom stereocenters. The van der Waals surface area contributed by atoms with Gasteiger partial charge in [0.2, 0.25) is 5.91 Å². The minimum Gasteiger partial charge on any atom is -0.497 e. The predicted octanol–water partition coefficient (Wildman–Crippen LogP) is 5.14. The largest absolute Gasteiger partial charge is 0.497 e. The Bertz CT molecular complexity index is 1580. The number of ether oxygens (including phenoxy) is 2. The Labute approximate surface area is 254 Å². The van der Waals surface area contributed by atoms with E-state index in [4.69, 9.17) is 9.47 Å². The van der Waals surface area contributed by atoms with Crippen molar-refractivity contribution in [1.29, 1.82) is 0 Å². The molecule has 0 saturated carbocycles. The van der Waals surface area contributed by atoms with Gasteiger partial charge in [-0.1, -0.05) is 78.4 Å². The Morgan fingerprint density at radius 1 is 0.791 bits per heavy atom. The third-order valence-corrected chi connectivity index (χ3v) is 9.58. The number of nitrogens with zero attached hydrogens (tertiary/aromatic N) is 3. The van der Waals surface area contributed by atoms with Crippen LogP contribution in [0.5, 0.6) is 11.5 Å². The summed E-state index contributed by atoms with van der Waals surface area (Å²) in [7, 11) is -1.11. The third kappa shape index (κ3) is 6.68. The molecule has 0 radical (unpaired) electrons. The molecule has 1 aliphatic heterocycles. The van der Waals surface area contributed by atoms with E-state index in [2.05, 4.69) is 29.2 Å². The molecule has 4 aromatic rings. The smallest absolute Gasteiger partial charge is 0.264 e. The number of aryl methyl sites for hydroxylation is 1. The molecule has 9 heteroatoms. The number of amides is 1. The zero-order chi connectivity index (χ0) is 30.4. The van der Waals surface area contributed by atoms with Crippen molar-refractivity contribution in [1.82, 2.24) is 9.80 Å². The number of anilines is 1. The van der Waals surface area contributed by atoms with Gasteiger partial charge in [-0.25, -0.2) is 8.42 Å². The number of rotatable bonds is 10. The normalized spacial score (nSPS) is 14.0. The summed E-state index contributed by atoms with van der Waals surface area (Å²) in [4.78, 5) is 18.0. The highest BCUT2D eigenvalue weighted by atomic mass is 32.2. The van der Waals surface area contributed by atoms with Crippen LogP contribution in [-0.2, 0) is 14.8 Å². The molecule has 224 valence electrons. The highest BCUT2D eigenvalue weighted by Gasteiger charge is 2.33. The van der Waals surface area contributed by atoms with E-state index in [-0.39, 0.29) is 29.1 Å². The zero-order valence-corrected chi connectivity index (χ0v) is 25.5. The lowest BCUT2D eigenvalue weighted by Gasteiger charge is -2.40. The van der Waals surface area contributed by atoms with E-state index >= 15 is 0 Å². The fraction of sp³-hybridized carbons (Fsp3) is 0.265. The molecule has 0 aromatic heterocycles. The molecule has 0 atom stereocenters. The van der Waals surface area contributed by atoms with Crippen LogP contribution in [0.15, 0.2) is 108 Å². The fourth-order valence-corrected chi connectivity index (χ4v) is 6.89. The summed E-state index contributed by atoms with van der Waals surface area (Å²) in [6.45, 7) is 3.79. The summed E-state index contributed by atoms with van der Waals surface area (Å²) < 4.78 is 40.0. The van der Waals surface area contributed by atoms with Gasteiger partial charge in [0.05, 0.1) is 30.8 Å². The zero-order valence-electron chi connectivity index (χ0n) is 24.7. The molecule has 0 spiro atoms. The summed E-state index contributed by atoms with van der Waals surface area (Å²) in [5, 5.41) is 0. The van der Waals surface area contributed by atoms with Gasteiger partial charge in [0.25, 0.3) is 10.0 Å². The van der Waals surface area contributed by atoms with Crippen LogP contribution >= 0.6 is 0 Å². The first-order chi connectivity index (χ1) is 20.8. The topological polar surface area (TPSA) is 79.4 Å². The number of methoxy groups -OCH3 is 2. The van der Waals surface area contributed by atoms with Crippen LogP contribution in [0.4, 0.5) is 5.69 Å². The van der Waals surface area contributed by atoms with E-state index in [1.807, 2.05) is 43.3 Å². The average molecular weight is 600 g/mol. The van der Waals surface area contributed by atoms with Crippen LogP contribution in [0.25, 0.3) is 0 Å². The van der Waals surface area contributed by atoms with Gasteiger partial charge >= 0.3 is 0 Å². The van der Waals surface area contributed by atoms with Crippen LogP contribution in [0, 0.1) is 6.92 Å². The van der Waals surface area contributed by atoms with Crippen LogP contribution in [0.3, 0.4) is 0 Å². The molecule has 1 aliphatic rings. The number of sulfonamides is 1. The van der Waals surface area contributed by atoms with Crippen molar-refractivity contribution >= 4 is 21.6 Å². The molecular weight excluding hydrogens is 562 g/mol. The van der Waals surface area contributed by atoms with Gasteiger partial charge in [-0.3, -0.25) is 14.0 Å². The molecule has 0 aliphatic carbocycles. The standard InChI is InChI=1S/C34H37N3O5S/c1-26-14-17-30(18-15-26)43(39,40)37(31-19-16-29(41-2)24-32(31)42-3)25-33(38)35-20-22-36(23-21-35)34(27-10-6-4-7-11-27)28-12-8-5-9-13-28/h4-19,24,34H,20-23,25H2,1-3H3. The van der Waals surface area contributed by atoms with Crippen LogP contribution in [-0.4, -0.2) is 71.1 Å². The molecule has 43 heavy (non-hydrogen) atoms. The fourth-order valence-electron chi connectivity index (χ4n) is 5.47. The molecule has 1 heterocycles. The van der Waals surface area contributed by atoms with E-state index in [1.165, 1.54) is 25.3 Å². The van der Waals surface area contributed by atoms with E-state index in [0.717, 1.165) is 9.87 Å². The number of hydrogen-bond donors (Lipinski definition) is 0. The molecule has 0 N–H and O–H groups in total. The lowest BCUT2D eigenvalue weighted by Crippen LogP contribution is -2.52. The molecule has 4 aromatic carbocycles. The van der Waals surface area contributed by atoms with Crippen LogP contribution in [0.2, 0.25) is 0 Å². The maximum Gasteiger partial charge on any atom is 0.264 e. The van der Waals surface area contributed by atoms with Crippen molar-refractivity contribution in [2.75, 3.05) is 51.2 Å². The second kappa shape index (κ2) is 13.3. The molecule has 0 bridgehead atoms. The summed E-state index contributed by atoms with van der Waals surface area (Å²) in [5.74, 6) is 0.535. The Morgan fingerprint density at radius 2 is 1.37 bits per heavy atom. The van der Waals surface area contributed by atoms with Crippen molar-refractivity contribution in [2.24, 2.45) is 0 Å². The first-order valence-corrected chi connectivity index (χ1v) is 15.7. The van der Waals surface area contributed by atoms with E-state index in [9.17, 15) is 13.2 Å². The van der Waals surface area contributed by atoms with E-state index in [0.29, 0.717) is 37.7 Å². The molecule has 1 fully saturated rings. The predicted molar refractivity (Wildman–Crippen MR) is 168 cm³/mol. The number of carbonyl (C=O) groups excluding carboxylic acids is 1. The van der Waals surface area contributed by atoms with Crippen LogP contribution in [0.1, 0.15) is 22.7 Å². The number of piperazine rings is 1. The molecule has 8 nitrogen and oxygen atoms in total. The first-order valence-electron chi connectivity index (χ1n) is 14.2. The summed E-state index contributed by atoms with van der Waals surface area (Å²) in [6, 6.07) is 32.3. The molecule has 1 amide bonds. The first kappa shape index (κ1) is 30.1. The number of carbonyl (C=O) groups is 1. The van der Waals surface area contributed by atoms with Gasteiger partial charge < -0.3 is 14.4 Å². The minimum atomic E-state index is -4.10.